The fourth-order valence-electron chi connectivity index (χ4n) is 1.31. The third-order valence-corrected chi connectivity index (χ3v) is 2.86. The van der Waals surface area contributed by atoms with Gasteiger partial charge in [-0.15, -0.1) is 11.3 Å². The fourth-order valence-corrected chi connectivity index (χ4v) is 1.96. The number of thiophene rings is 1. The zero-order chi connectivity index (χ0) is 9.64. The van der Waals surface area contributed by atoms with Crippen molar-refractivity contribution in [2.75, 3.05) is 0 Å². The highest BCUT2D eigenvalue weighted by molar-refractivity contribution is 7.10. The molecule has 0 radical (unpaired) electrons. The van der Waals surface area contributed by atoms with Crippen molar-refractivity contribution in [3.05, 3.63) is 64.4 Å². The lowest BCUT2D eigenvalue weighted by atomic mass is 10.1. The van der Waals surface area contributed by atoms with Gasteiger partial charge in [0.05, 0.1) is 0 Å². The van der Waals surface area contributed by atoms with E-state index in [1.54, 1.807) is 11.3 Å². The predicted octanol–water partition coefficient (Wildman–Crippen LogP) is 4.00. The van der Waals surface area contributed by atoms with Gasteiger partial charge in [-0.2, -0.15) is 0 Å². The van der Waals surface area contributed by atoms with Crippen molar-refractivity contribution in [2.24, 2.45) is 0 Å². The van der Waals surface area contributed by atoms with Crippen molar-refractivity contribution in [2.45, 2.75) is 6.42 Å². The molecular formula is C13H12S. The minimum atomic E-state index is 1.01. The molecule has 0 saturated carbocycles. The van der Waals surface area contributed by atoms with Crippen LogP contribution in [0.3, 0.4) is 0 Å². The standard InChI is InChI=1S/C13H12S/c1-2-6-12(7-3-1)8-4-9-13-10-5-11-14-13/h1-7,9-11H,8H2/b9-4+. The molecule has 0 N–H and O–H groups in total. The summed E-state index contributed by atoms with van der Waals surface area (Å²) < 4.78 is 0. The number of hydrogen-bond acceptors (Lipinski definition) is 1. The van der Waals surface area contributed by atoms with Gasteiger partial charge in [-0.05, 0) is 29.5 Å². The van der Waals surface area contributed by atoms with Gasteiger partial charge in [0.1, 0.15) is 0 Å². The summed E-state index contributed by atoms with van der Waals surface area (Å²) in [6.07, 6.45) is 5.40. The van der Waals surface area contributed by atoms with Gasteiger partial charge in [0.25, 0.3) is 0 Å². The topological polar surface area (TPSA) is 0 Å². The van der Waals surface area contributed by atoms with E-state index in [1.165, 1.54) is 10.4 Å². The smallest absolute Gasteiger partial charge is 0.0267 e. The Labute approximate surface area is 88.5 Å². The molecular weight excluding hydrogens is 188 g/mol. The summed E-state index contributed by atoms with van der Waals surface area (Å²) in [6.45, 7) is 0. The lowest BCUT2D eigenvalue weighted by molar-refractivity contribution is 1.28. The quantitative estimate of drug-likeness (QED) is 0.702. The first-order chi connectivity index (χ1) is 6.95. The van der Waals surface area contributed by atoms with Gasteiger partial charge in [0, 0.05) is 4.88 Å². The third-order valence-electron chi connectivity index (χ3n) is 2.02. The summed E-state index contributed by atoms with van der Waals surface area (Å²) >= 11 is 1.77. The van der Waals surface area contributed by atoms with E-state index in [9.17, 15) is 0 Å². The largest absolute Gasteiger partial charge is 0.144 e. The molecule has 1 heteroatoms. The second kappa shape index (κ2) is 4.77. The van der Waals surface area contributed by atoms with Crippen LogP contribution in [0, 0.1) is 0 Å². The summed E-state index contributed by atoms with van der Waals surface area (Å²) in [7, 11) is 0. The Morgan fingerprint density at radius 2 is 1.86 bits per heavy atom. The summed E-state index contributed by atoms with van der Waals surface area (Å²) in [5.41, 5.74) is 1.36. The summed E-state index contributed by atoms with van der Waals surface area (Å²) in [6, 6.07) is 14.7. The molecule has 2 rings (SSSR count). The van der Waals surface area contributed by atoms with Crippen LogP contribution in [0.5, 0.6) is 0 Å². The molecule has 0 amide bonds. The summed E-state index contributed by atoms with van der Waals surface area (Å²) in [5, 5.41) is 2.10. The molecule has 0 aliphatic heterocycles. The minimum Gasteiger partial charge on any atom is -0.144 e. The Morgan fingerprint density at radius 3 is 2.57 bits per heavy atom. The average molecular weight is 200 g/mol. The molecule has 0 saturated heterocycles. The van der Waals surface area contributed by atoms with Gasteiger partial charge >= 0.3 is 0 Å². The molecule has 14 heavy (non-hydrogen) atoms. The normalized spacial score (nSPS) is 10.9. The van der Waals surface area contributed by atoms with Crippen molar-refractivity contribution in [1.82, 2.24) is 0 Å². The Hall–Kier alpha value is -1.34. The molecule has 0 fully saturated rings. The maximum absolute atomic E-state index is 2.21. The molecule has 0 bridgehead atoms. The van der Waals surface area contributed by atoms with Crippen molar-refractivity contribution < 1.29 is 0 Å². The molecule has 0 spiro atoms. The zero-order valence-corrected chi connectivity index (χ0v) is 8.71. The van der Waals surface area contributed by atoms with Gasteiger partial charge < -0.3 is 0 Å². The molecule has 0 atom stereocenters. The van der Waals surface area contributed by atoms with Crippen molar-refractivity contribution in [3.63, 3.8) is 0 Å². The third kappa shape index (κ3) is 2.57. The van der Waals surface area contributed by atoms with Crippen LogP contribution in [0.1, 0.15) is 10.4 Å². The Kier molecular flexibility index (Phi) is 3.15. The average Bonchev–Trinajstić information content (AvgIpc) is 2.72. The minimum absolute atomic E-state index is 1.01. The summed E-state index contributed by atoms with van der Waals surface area (Å²) in [5.74, 6) is 0. The van der Waals surface area contributed by atoms with Crippen LogP contribution < -0.4 is 0 Å². The predicted molar refractivity (Wildman–Crippen MR) is 63.5 cm³/mol. The van der Waals surface area contributed by atoms with E-state index in [1.807, 2.05) is 6.07 Å². The van der Waals surface area contributed by atoms with Crippen molar-refractivity contribution in [3.8, 4) is 0 Å². The molecule has 1 aromatic heterocycles. The second-order valence-corrected chi connectivity index (χ2v) is 4.09. The maximum Gasteiger partial charge on any atom is 0.0267 e. The van der Waals surface area contributed by atoms with Gasteiger partial charge in [0.2, 0.25) is 0 Å². The highest BCUT2D eigenvalue weighted by atomic mass is 32.1. The number of rotatable bonds is 3. The van der Waals surface area contributed by atoms with Crippen LogP contribution in [-0.4, -0.2) is 0 Å². The lowest BCUT2D eigenvalue weighted by Crippen LogP contribution is -1.77. The molecule has 1 aromatic carbocycles. The highest BCUT2D eigenvalue weighted by Crippen LogP contribution is 2.11. The van der Waals surface area contributed by atoms with Gasteiger partial charge in [-0.1, -0.05) is 42.5 Å². The Bertz CT molecular complexity index is 384. The fraction of sp³-hybridized carbons (Fsp3) is 0.0769. The van der Waals surface area contributed by atoms with E-state index < -0.39 is 0 Å². The van der Waals surface area contributed by atoms with Gasteiger partial charge in [-0.3, -0.25) is 0 Å². The van der Waals surface area contributed by atoms with E-state index in [0.29, 0.717) is 0 Å². The molecule has 70 valence electrons. The van der Waals surface area contributed by atoms with Crippen LogP contribution in [0.2, 0.25) is 0 Å². The summed E-state index contributed by atoms with van der Waals surface area (Å²) in [4.78, 5) is 1.32. The molecule has 2 aromatic rings. The van der Waals surface area contributed by atoms with E-state index in [-0.39, 0.29) is 0 Å². The molecule has 1 heterocycles. The van der Waals surface area contributed by atoms with Crippen LogP contribution in [-0.2, 0) is 6.42 Å². The molecule has 0 aliphatic carbocycles. The maximum atomic E-state index is 2.21. The number of allylic oxidation sites excluding steroid dienone is 1. The van der Waals surface area contributed by atoms with E-state index in [4.69, 9.17) is 0 Å². The molecule has 0 aliphatic rings. The molecule has 0 unspecified atom stereocenters. The SMILES string of the molecule is C(=C\c1cccs1)/Cc1ccccc1. The van der Waals surface area contributed by atoms with Crippen LogP contribution in [0.4, 0.5) is 0 Å². The zero-order valence-electron chi connectivity index (χ0n) is 7.89. The van der Waals surface area contributed by atoms with Crippen molar-refractivity contribution >= 4 is 17.4 Å². The van der Waals surface area contributed by atoms with Gasteiger partial charge in [0.15, 0.2) is 0 Å². The first-order valence-corrected chi connectivity index (χ1v) is 5.57. The Morgan fingerprint density at radius 1 is 1.00 bits per heavy atom. The van der Waals surface area contributed by atoms with Crippen LogP contribution in [0.25, 0.3) is 6.08 Å². The number of benzene rings is 1. The van der Waals surface area contributed by atoms with E-state index in [0.717, 1.165) is 6.42 Å². The monoisotopic (exact) mass is 200 g/mol. The van der Waals surface area contributed by atoms with Crippen molar-refractivity contribution in [1.29, 1.82) is 0 Å². The van der Waals surface area contributed by atoms with Gasteiger partial charge in [-0.25, -0.2) is 0 Å². The van der Waals surface area contributed by atoms with Crippen LogP contribution in [0.15, 0.2) is 53.9 Å². The lowest BCUT2D eigenvalue weighted by Gasteiger charge is -1.93. The van der Waals surface area contributed by atoms with E-state index in [2.05, 4.69) is 53.9 Å². The number of hydrogen-bond donors (Lipinski definition) is 0. The van der Waals surface area contributed by atoms with Crippen LogP contribution >= 0.6 is 11.3 Å². The first-order valence-electron chi connectivity index (χ1n) is 4.69. The molecule has 0 nitrogen and oxygen atoms in total. The van der Waals surface area contributed by atoms with E-state index >= 15 is 0 Å². The Balaban J connectivity index is 1.95. The first kappa shape index (κ1) is 9.22. The second-order valence-electron chi connectivity index (χ2n) is 3.11. The highest BCUT2D eigenvalue weighted by Gasteiger charge is 1.87.